The van der Waals surface area contributed by atoms with Crippen molar-refractivity contribution in [3.63, 3.8) is 0 Å². The molecule has 2 rings (SSSR count). The van der Waals surface area contributed by atoms with Gasteiger partial charge in [-0.3, -0.25) is 9.78 Å². The smallest absolute Gasteiger partial charge is 0.269 e. The van der Waals surface area contributed by atoms with Crippen LogP contribution in [0.2, 0.25) is 0 Å². The largest absolute Gasteiger partial charge is 0.388 e. The molecule has 1 heterocycles. The molecule has 1 amide bonds. The monoisotopic (exact) mass is 219 g/mol. The molecular formula is C12H17N3O. The van der Waals surface area contributed by atoms with Gasteiger partial charge in [-0.05, 0) is 24.5 Å². The summed E-state index contributed by atoms with van der Waals surface area (Å²) >= 11 is 0. The van der Waals surface area contributed by atoms with Crippen LogP contribution in [0.15, 0.2) is 18.3 Å². The van der Waals surface area contributed by atoms with E-state index in [0.717, 1.165) is 24.6 Å². The van der Waals surface area contributed by atoms with Gasteiger partial charge in [-0.2, -0.15) is 0 Å². The standard InChI is InChI=1S/C12H17N3O/c1-13-10-5-7-14-11(8-10)12(16)15-6-4-9-2-3-9/h5,7-9H,2-4,6H2,1H3,(H,13,14)(H,15,16). The van der Waals surface area contributed by atoms with Gasteiger partial charge in [-0.15, -0.1) is 0 Å². The minimum atomic E-state index is -0.0854. The van der Waals surface area contributed by atoms with E-state index in [1.807, 2.05) is 13.1 Å². The number of nitrogens with one attached hydrogen (secondary N) is 2. The quantitative estimate of drug-likeness (QED) is 0.791. The zero-order valence-electron chi connectivity index (χ0n) is 9.49. The second kappa shape index (κ2) is 4.96. The van der Waals surface area contributed by atoms with Gasteiger partial charge in [-0.1, -0.05) is 12.8 Å². The molecule has 2 N–H and O–H groups in total. The summed E-state index contributed by atoms with van der Waals surface area (Å²) in [5.41, 5.74) is 1.38. The van der Waals surface area contributed by atoms with Crippen LogP contribution in [-0.4, -0.2) is 24.5 Å². The van der Waals surface area contributed by atoms with Crippen LogP contribution in [0.25, 0.3) is 0 Å². The Morgan fingerprint density at radius 3 is 3.06 bits per heavy atom. The highest BCUT2D eigenvalue weighted by Crippen LogP contribution is 2.31. The summed E-state index contributed by atoms with van der Waals surface area (Å²) in [4.78, 5) is 15.8. The van der Waals surface area contributed by atoms with E-state index in [1.165, 1.54) is 12.8 Å². The molecule has 0 bridgehead atoms. The van der Waals surface area contributed by atoms with E-state index in [-0.39, 0.29) is 5.91 Å². The molecule has 0 aliphatic heterocycles. The van der Waals surface area contributed by atoms with Crippen LogP contribution in [0, 0.1) is 5.92 Å². The molecule has 1 aromatic rings. The first kappa shape index (κ1) is 10.9. The van der Waals surface area contributed by atoms with Gasteiger partial charge in [0.15, 0.2) is 0 Å². The average Bonchev–Trinajstić information content (AvgIpc) is 3.13. The number of carbonyl (C=O) groups excluding carboxylic acids is 1. The summed E-state index contributed by atoms with van der Waals surface area (Å²) in [6, 6.07) is 3.59. The van der Waals surface area contributed by atoms with Crippen molar-refractivity contribution in [2.45, 2.75) is 19.3 Å². The molecule has 0 saturated heterocycles. The van der Waals surface area contributed by atoms with Crippen LogP contribution in [0.4, 0.5) is 5.69 Å². The van der Waals surface area contributed by atoms with Crippen molar-refractivity contribution in [3.05, 3.63) is 24.0 Å². The molecule has 0 spiro atoms. The van der Waals surface area contributed by atoms with Crippen molar-refractivity contribution < 1.29 is 4.79 Å². The van der Waals surface area contributed by atoms with Crippen LogP contribution in [0.5, 0.6) is 0 Å². The van der Waals surface area contributed by atoms with E-state index in [4.69, 9.17) is 0 Å². The van der Waals surface area contributed by atoms with Crippen LogP contribution in [-0.2, 0) is 0 Å². The van der Waals surface area contributed by atoms with Crippen molar-refractivity contribution in [3.8, 4) is 0 Å². The first-order valence-corrected chi connectivity index (χ1v) is 5.71. The number of hydrogen-bond donors (Lipinski definition) is 2. The molecule has 4 nitrogen and oxygen atoms in total. The zero-order chi connectivity index (χ0) is 11.4. The molecule has 0 atom stereocenters. The van der Waals surface area contributed by atoms with Crippen molar-refractivity contribution >= 4 is 11.6 Å². The zero-order valence-corrected chi connectivity index (χ0v) is 9.49. The molecule has 1 aliphatic carbocycles. The Labute approximate surface area is 95.5 Å². The number of aromatic nitrogens is 1. The number of carbonyl (C=O) groups is 1. The van der Waals surface area contributed by atoms with E-state index in [0.29, 0.717) is 5.69 Å². The van der Waals surface area contributed by atoms with Gasteiger partial charge in [0.2, 0.25) is 0 Å². The van der Waals surface area contributed by atoms with E-state index >= 15 is 0 Å². The second-order valence-electron chi connectivity index (χ2n) is 4.17. The Morgan fingerprint density at radius 1 is 1.56 bits per heavy atom. The van der Waals surface area contributed by atoms with Gasteiger partial charge in [0.1, 0.15) is 5.69 Å². The molecule has 0 aromatic carbocycles. The van der Waals surface area contributed by atoms with Crippen LogP contribution >= 0.6 is 0 Å². The first-order chi connectivity index (χ1) is 7.79. The first-order valence-electron chi connectivity index (χ1n) is 5.71. The van der Waals surface area contributed by atoms with Crippen LogP contribution in [0.1, 0.15) is 29.8 Å². The lowest BCUT2D eigenvalue weighted by Gasteiger charge is -2.05. The molecule has 1 fully saturated rings. The lowest BCUT2D eigenvalue weighted by molar-refractivity contribution is 0.0948. The fraction of sp³-hybridized carbons (Fsp3) is 0.500. The number of pyridine rings is 1. The number of nitrogens with zero attached hydrogens (tertiary/aromatic N) is 1. The Balaban J connectivity index is 1.86. The van der Waals surface area contributed by atoms with Gasteiger partial charge in [-0.25, -0.2) is 0 Å². The summed E-state index contributed by atoms with van der Waals surface area (Å²) in [6.45, 7) is 0.759. The summed E-state index contributed by atoms with van der Waals surface area (Å²) in [7, 11) is 1.82. The molecule has 4 heteroatoms. The van der Waals surface area contributed by atoms with Crippen molar-refractivity contribution in [1.29, 1.82) is 0 Å². The Hall–Kier alpha value is -1.58. The normalized spacial score (nSPS) is 14.6. The summed E-state index contributed by atoms with van der Waals surface area (Å²) in [5.74, 6) is 0.759. The maximum absolute atomic E-state index is 11.7. The summed E-state index contributed by atoms with van der Waals surface area (Å²) in [6.07, 6.45) is 5.38. The van der Waals surface area contributed by atoms with Crippen LogP contribution in [0.3, 0.4) is 0 Å². The van der Waals surface area contributed by atoms with Gasteiger partial charge in [0.25, 0.3) is 5.91 Å². The van der Waals surface area contributed by atoms with E-state index < -0.39 is 0 Å². The minimum absolute atomic E-state index is 0.0854. The number of rotatable bonds is 5. The van der Waals surface area contributed by atoms with E-state index in [9.17, 15) is 4.79 Å². The van der Waals surface area contributed by atoms with Gasteiger partial charge in [0.05, 0.1) is 0 Å². The fourth-order valence-corrected chi connectivity index (χ4v) is 1.60. The highest BCUT2D eigenvalue weighted by Gasteiger charge is 2.20. The Bertz CT molecular complexity index is 374. The fourth-order valence-electron chi connectivity index (χ4n) is 1.60. The average molecular weight is 219 g/mol. The predicted molar refractivity (Wildman–Crippen MR) is 63.5 cm³/mol. The lowest BCUT2D eigenvalue weighted by atomic mass is 10.2. The van der Waals surface area contributed by atoms with Crippen molar-refractivity contribution in [2.75, 3.05) is 18.9 Å². The summed E-state index contributed by atoms with van der Waals surface area (Å²) < 4.78 is 0. The van der Waals surface area contributed by atoms with E-state index in [1.54, 1.807) is 12.3 Å². The molecule has 86 valence electrons. The topological polar surface area (TPSA) is 54.0 Å². The predicted octanol–water partition coefficient (Wildman–Crippen LogP) is 1.65. The summed E-state index contributed by atoms with van der Waals surface area (Å²) in [5, 5.41) is 5.88. The third-order valence-corrected chi connectivity index (χ3v) is 2.82. The number of anilines is 1. The second-order valence-corrected chi connectivity index (χ2v) is 4.17. The maximum atomic E-state index is 11.7. The molecule has 1 aromatic heterocycles. The van der Waals surface area contributed by atoms with Gasteiger partial charge < -0.3 is 10.6 Å². The third-order valence-electron chi connectivity index (χ3n) is 2.82. The Kier molecular flexibility index (Phi) is 3.39. The maximum Gasteiger partial charge on any atom is 0.269 e. The van der Waals surface area contributed by atoms with Crippen molar-refractivity contribution in [1.82, 2.24) is 10.3 Å². The SMILES string of the molecule is CNc1ccnc(C(=O)NCCC2CC2)c1. The lowest BCUT2D eigenvalue weighted by Crippen LogP contribution is -2.25. The molecule has 0 unspecified atom stereocenters. The molecule has 1 aliphatic rings. The van der Waals surface area contributed by atoms with Crippen molar-refractivity contribution in [2.24, 2.45) is 5.92 Å². The minimum Gasteiger partial charge on any atom is -0.388 e. The highest BCUT2D eigenvalue weighted by atomic mass is 16.1. The molecular weight excluding hydrogens is 202 g/mol. The Morgan fingerprint density at radius 2 is 2.38 bits per heavy atom. The molecule has 0 radical (unpaired) electrons. The van der Waals surface area contributed by atoms with E-state index in [2.05, 4.69) is 15.6 Å². The van der Waals surface area contributed by atoms with Gasteiger partial charge in [0, 0.05) is 25.5 Å². The highest BCUT2D eigenvalue weighted by molar-refractivity contribution is 5.93. The number of hydrogen-bond acceptors (Lipinski definition) is 3. The van der Waals surface area contributed by atoms with Gasteiger partial charge >= 0.3 is 0 Å². The molecule has 16 heavy (non-hydrogen) atoms. The molecule has 1 saturated carbocycles. The van der Waals surface area contributed by atoms with Crippen LogP contribution < -0.4 is 10.6 Å². The third kappa shape index (κ3) is 2.95. The number of amides is 1.